The van der Waals surface area contributed by atoms with E-state index in [1.54, 1.807) is 0 Å². The van der Waals surface area contributed by atoms with Gasteiger partial charge in [0.2, 0.25) is 0 Å². The van der Waals surface area contributed by atoms with Crippen molar-refractivity contribution in [1.29, 1.82) is 0 Å². The van der Waals surface area contributed by atoms with Crippen molar-refractivity contribution in [1.82, 2.24) is 14.9 Å². The molecule has 2 unspecified atom stereocenters. The predicted molar refractivity (Wildman–Crippen MR) is 67.4 cm³/mol. The van der Waals surface area contributed by atoms with Gasteiger partial charge in [-0.1, -0.05) is 12.8 Å². The van der Waals surface area contributed by atoms with Gasteiger partial charge in [0.05, 0.1) is 6.54 Å². The number of aliphatic hydroxyl groups is 1. The number of hydrogen-bond donors (Lipinski definition) is 2. The highest BCUT2D eigenvalue weighted by atomic mass is 16.3. The van der Waals surface area contributed by atoms with Crippen molar-refractivity contribution in [3.63, 3.8) is 0 Å². The minimum absolute atomic E-state index is 0.342. The monoisotopic (exact) mass is 237 g/mol. The molecule has 2 atom stereocenters. The fourth-order valence-electron chi connectivity index (χ4n) is 2.73. The second kappa shape index (κ2) is 6.17. The van der Waals surface area contributed by atoms with Gasteiger partial charge in [-0.25, -0.2) is 4.98 Å². The summed E-state index contributed by atoms with van der Waals surface area (Å²) in [5.74, 6) is 2.20. The first-order valence-electron chi connectivity index (χ1n) is 6.59. The molecular formula is C13H23N3O. The van der Waals surface area contributed by atoms with E-state index in [-0.39, 0.29) is 0 Å². The van der Waals surface area contributed by atoms with E-state index >= 15 is 0 Å². The van der Waals surface area contributed by atoms with Crippen LogP contribution in [-0.2, 0) is 13.6 Å². The molecule has 1 heterocycles. The molecule has 0 aliphatic heterocycles. The number of nitrogens with zero attached hydrogens (tertiary/aromatic N) is 2. The molecule has 1 saturated carbocycles. The molecule has 1 aliphatic rings. The van der Waals surface area contributed by atoms with Gasteiger partial charge in [-0.15, -0.1) is 0 Å². The standard InChI is InChI=1S/C13H23N3O/c1-16-7-6-15-13(16)9-14-8-11-4-2-3-5-12(11)10-17/h6-7,11-12,14,17H,2-5,8-10H2,1H3. The summed E-state index contributed by atoms with van der Waals surface area (Å²) in [7, 11) is 2.02. The molecule has 1 aromatic rings. The van der Waals surface area contributed by atoms with Crippen LogP contribution in [0.15, 0.2) is 12.4 Å². The minimum atomic E-state index is 0.342. The molecule has 0 radical (unpaired) electrons. The Kier molecular flexibility index (Phi) is 4.57. The second-order valence-electron chi connectivity index (χ2n) is 5.07. The number of imidazole rings is 1. The van der Waals surface area contributed by atoms with E-state index in [2.05, 4.69) is 10.3 Å². The summed E-state index contributed by atoms with van der Waals surface area (Å²) in [6.07, 6.45) is 8.82. The van der Waals surface area contributed by atoms with Crippen molar-refractivity contribution in [2.75, 3.05) is 13.2 Å². The molecule has 1 fully saturated rings. The normalized spacial score (nSPS) is 25.1. The van der Waals surface area contributed by atoms with Gasteiger partial charge in [0.15, 0.2) is 0 Å². The molecular weight excluding hydrogens is 214 g/mol. The smallest absolute Gasteiger partial charge is 0.122 e. The van der Waals surface area contributed by atoms with E-state index in [4.69, 9.17) is 0 Å². The molecule has 2 N–H and O–H groups in total. The van der Waals surface area contributed by atoms with E-state index < -0.39 is 0 Å². The van der Waals surface area contributed by atoms with Gasteiger partial charge >= 0.3 is 0 Å². The van der Waals surface area contributed by atoms with E-state index in [0.29, 0.717) is 18.4 Å². The number of nitrogens with one attached hydrogen (secondary N) is 1. The van der Waals surface area contributed by atoms with Crippen LogP contribution in [0.25, 0.3) is 0 Å². The van der Waals surface area contributed by atoms with Crippen LogP contribution in [0.5, 0.6) is 0 Å². The Labute approximate surface area is 103 Å². The minimum Gasteiger partial charge on any atom is -0.396 e. The van der Waals surface area contributed by atoms with E-state index in [1.165, 1.54) is 25.7 Å². The van der Waals surface area contributed by atoms with Crippen molar-refractivity contribution in [2.24, 2.45) is 18.9 Å². The Morgan fingerprint density at radius 1 is 1.41 bits per heavy atom. The second-order valence-corrected chi connectivity index (χ2v) is 5.07. The highest BCUT2D eigenvalue weighted by Gasteiger charge is 2.23. The largest absolute Gasteiger partial charge is 0.396 e. The lowest BCUT2D eigenvalue weighted by Gasteiger charge is -2.30. The summed E-state index contributed by atoms with van der Waals surface area (Å²) in [5.41, 5.74) is 0. The zero-order valence-corrected chi connectivity index (χ0v) is 10.6. The Morgan fingerprint density at radius 3 is 2.82 bits per heavy atom. The molecule has 0 bridgehead atoms. The molecule has 1 aliphatic carbocycles. The van der Waals surface area contributed by atoms with Crippen LogP contribution in [0.4, 0.5) is 0 Å². The van der Waals surface area contributed by atoms with Crippen LogP contribution in [0.3, 0.4) is 0 Å². The number of hydrogen-bond acceptors (Lipinski definition) is 3. The first-order valence-corrected chi connectivity index (χ1v) is 6.59. The lowest BCUT2D eigenvalue weighted by molar-refractivity contribution is 0.133. The quantitative estimate of drug-likeness (QED) is 0.812. The predicted octanol–water partition coefficient (Wildman–Crippen LogP) is 1.31. The number of aryl methyl sites for hydroxylation is 1. The maximum Gasteiger partial charge on any atom is 0.122 e. The van der Waals surface area contributed by atoms with E-state index in [0.717, 1.165) is 18.9 Å². The summed E-state index contributed by atoms with van der Waals surface area (Å²) >= 11 is 0. The fourth-order valence-corrected chi connectivity index (χ4v) is 2.73. The molecule has 96 valence electrons. The third kappa shape index (κ3) is 3.30. The van der Waals surface area contributed by atoms with Crippen molar-refractivity contribution in [3.8, 4) is 0 Å². The average molecular weight is 237 g/mol. The summed E-state index contributed by atoms with van der Waals surface area (Å²) in [5, 5.41) is 12.8. The maximum atomic E-state index is 9.34. The van der Waals surface area contributed by atoms with Crippen LogP contribution in [-0.4, -0.2) is 27.8 Å². The SMILES string of the molecule is Cn1ccnc1CNCC1CCCCC1CO. The maximum absolute atomic E-state index is 9.34. The van der Waals surface area contributed by atoms with Crippen molar-refractivity contribution < 1.29 is 5.11 Å². The molecule has 1 aromatic heterocycles. The summed E-state index contributed by atoms with van der Waals surface area (Å²) in [4.78, 5) is 4.29. The van der Waals surface area contributed by atoms with Gasteiger partial charge in [0.1, 0.15) is 5.82 Å². The number of aliphatic hydroxyl groups excluding tert-OH is 1. The first kappa shape index (κ1) is 12.6. The summed E-state index contributed by atoms with van der Waals surface area (Å²) in [6.45, 7) is 2.16. The Balaban J connectivity index is 1.75. The highest BCUT2D eigenvalue weighted by molar-refractivity contribution is 4.90. The zero-order chi connectivity index (χ0) is 12.1. The highest BCUT2D eigenvalue weighted by Crippen LogP contribution is 2.29. The molecule has 4 nitrogen and oxygen atoms in total. The summed E-state index contributed by atoms with van der Waals surface area (Å²) in [6, 6.07) is 0. The van der Waals surface area contributed by atoms with E-state index in [9.17, 15) is 5.11 Å². The number of aromatic nitrogens is 2. The van der Waals surface area contributed by atoms with Gasteiger partial charge in [-0.2, -0.15) is 0 Å². The first-order chi connectivity index (χ1) is 8.31. The van der Waals surface area contributed by atoms with Crippen molar-refractivity contribution in [2.45, 2.75) is 32.2 Å². The van der Waals surface area contributed by atoms with Gasteiger partial charge < -0.3 is 15.0 Å². The Bertz CT molecular complexity index is 337. The van der Waals surface area contributed by atoms with Crippen molar-refractivity contribution in [3.05, 3.63) is 18.2 Å². The summed E-state index contributed by atoms with van der Waals surface area (Å²) < 4.78 is 2.04. The lowest BCUT2D eigenvalue weighted by Crippen LogP contribution is -2.32. The van der Waals surface area contributed by atoms with Crippen molar-refractivity contribution >= 4 is 0 Å². The molecule has 0 spiro atoms. The van der Waals surface area contributed by atoms with Crippen LogP contribution in [0, 0.1) is 11.8 Å². The molecule has 0 saturated heterocycles. The zero-order valence-electron chi connectivity index (χ0n) is 10.6. The van der Waals surface area contributed by atoms with E-state index in [1.807, 2.05) is 24.0 Å². The van der Waals surface area contributed by atoms with Crippen LogP contribution >= 0.6 is 0 Å². The molecule has 0 amide bonds. The average Bonchev–Trinajstić information content (AvgIpc) is 2.76. The van der Waals surface area contributed by atoms with Crippen LogP contribution in [0.1, 0.15) is 31.5 Å². The molecule has 2 rings (SSSR count). The lowest BCUT2D eigenvalue weighted by atomic mass is 9.79. The van der Waals surface area contributed by atoms with Crippen LogP contribution in [0.2, 0.25) is 0 Å². The topological polar surface area (TPSA) is 50.1 Å². The Hall–Kier alpha value is -0.870. The molecule has 4 heteroatoms. The van der Waals surface area contributed by atoms with Gasteiger partial charge in [0, 0.05) is 26.0 Å². The third-order valence-electron chi connectivity index (χ3n) is 3.91. The number of rotatable bonds is 5. The van der Waals surface area contributed by atoms with Crippen LogP contribution < -0.4 is 5.32 Å². The fraction of sp³-hybridized carbons (Fsp3) is 0.769. The van der Waals surface area contributed by atoms with Gasteiger partial charge in [-0.05, 0) is 31.2 Å². The third-order valence-corrected chi connectivity index (χ3v) is 3.91. The molecule has 17 heavy (non-hydrogen) atoms. The Morgan fingerprint density at radius 2 is 2.18 bits per heavy atom. The van der Waals surface area contributed by atoms with Gasteiger partial charge in [-0.3, -0.25) is 0 Å². The molecule has 0 aromatic carbocycles. The van der Waals surface area contributed by atoms with Gasteiger partial charge in [0.25, 0.3) is 0 Å².